The molecule has 0 aromatic heterocycles. The van der Waals surface area contributed by atoms with Crippen molar-refractivity contribution in [2.75, 3.05) is 0 Å². The van der Waals surface area contributed by atoms with Gasteiger partial charge in [0.25, 0.3) is 0 Å². The van der Waals surface area contributed by atoms with E-state index in [0.717, 1.165) is 57.9 Å². The number of allylic oxidation sites excluding steroid dienone is 2. The van der Waals surface area contributed by atoms with Gasteiger partial charge in [0.1, 0.15) is 6.61 Å². The molecule has 8 heteroatoms. The highest BCUT2D eigenvalue weighted by atomic mass is 19.4. The van der Waals surface area contributed by atoms with Crippen LogP contribution < -0.4 is 0 Å². The van der Waals surface area contributed by atoms with E-state index in [2.05, 4.69) is 27.7 Å². The maximum Gasteiger partial charge on any atom is 0.427 e. The van der Waals surface area contributed by atoms with Gasteiger partial charge in [0.15, 0.2) is 5.78 Å². The number of carbonyl (C=O) groups is 3. The second-order valence-electron chi connectivity index (χ2n) is 19.2. The smallest absolute Gasteiger partial charge is 0.427 e. The molecular formula is C42H57F3O5. The Hall–Kier alpha value is -2.64. The Kier molecular flexibility index (Phi) is 8.67. The summed E-state index contributed by atoms with van der Waals surface area (Å²) in [6.07, 6.45) is 4.09. The number of benzene rings is 1. The topological polar surface area (TPSA) is 69.7 Å². The Labute approximate surface area is 296 Å². The fourth-order valence-corrected chi connectivity index (χ4v) is 12.1. The molecule has 9 atom stereocenters. The first-order valence-corrected chi connectivity index (χ1v) is 18.7. The van der Waals surface area contributed by atoms with E-state index >= 15 is 0 Å². The summed E-state index contributed by atoms with van der Waals surface area (Å²) in [6.45, 7) is 17.3. The van der Waals surface area contributed by atoms with Crippen molar-refractivity contribution in [2.45, 2.75) is 138 Å². The lowest BCUT2D eigenvalue weighted by atomic mass is 9.33. The van der Waals surface area contributed by atoms with E-state index in [0.29, 0.717) is 19.3 Å². The first kappa shape index (κ1) is 37.1. The van der Waals surface area contributed by atoms with Crippen LogP contribution in [0.1, 0.15) is 126 Å². The molecule has 0 spiro atoms. The van der Waals surface area contributed by atoms with Gasteiger partial charge in [0, 0.05) is 5.92 Å². The molecule has 1 aromatic rings. The highest BCUT2D eigenvalue weighted by molar-refractivity contribution is 5.96. The molecule has 4 fully saturated rings. The van der Waals surface area contributed by atoms with Gasteiger partial charge >= 0.3 is 18.1 Å². The average Bonchev–Trinajstić information content (AvgIpc) is 3.01. The molecule has 0 bridgehead atoms. The minimum atomic E-state index is -4.68. The third kappa shape index (κ3) is 5.42. The standard InChI is InChI=1S/C42H57F3O5/c1-35(2)27(33(47)50-36(3,4)42(43,44)45)15-17-39(7)31(35)16-18-41(9)32(39)30(46)23-28-29-24-38(6,20-19-37(29,5)21-22-40(28,41)8)34(48)49-25-26-13-11-10-12-14-26/h10-14,23,27,29,31-32H,15-22,24-25H2,1-9H3/t27-,29+,31+,32-,37-,38+,39+,40-,41-/m1/s1. The van der Waals surface area contributed by atoms with Crippen molar-refractivity contribution in [1.82, 2.24) is 0 Å². The number of fused-ring (bicyclic) bond motifs is 7. The minimum absolute atomic E-state index is 0.0141. The number of rotatable bonds is 5. The van der Waals surface area contributed by atoms with Gasteiger partial charge < -0.3 is 9.47 Å². The van der Waals surface area contributed by atoms with Crippen LogP contribution in [0.2, 0.25) is 0 Å². The molecule has 0 unspecified atom stereocenters. The number of ketones is 1. The molecule has 5 aliphatic rings. The largest absolute Gasteiger partial charge is 0.460 e. The van der Waals surface area contributed by atoms with Gasteiger partial charge in [-0.05, 0) is 129 Å². The molecule has 5 aliphatic carbocycles. The second-order valence-corrected chi connectivity index (χ2v) is 19.2. The zero-order valence-electron chi connectivity index (χ0n) is 31.5. The van der Waals surface area contributed by atoms with Crippen molar-refractivity contribution in [1.29, 1.82) is 0 Å². The van der Waals surface area contributed by atoms with Crippen molar-refractivity contribution >= 4 is 17.7 Å². The number of carbonyl (C=O) groups excluding carboxylic acids is 3. The van der Waals surface area contributed by atoms with E-state index in [-0.39, 0.29) is 52.4 Å². The molecule has 4 saturated carbocycles. The van der Waals surface area contributed by atoms with Crippen LogP contribution in [0.5, 0.6) is 0 Å². The van der Waals surface area contributed by atoms with Crippen LogP contribution in [0.4, 0.5) is 13.2 Å². The van der Waals surface area contributed by atoms with Gasteiger partial charge in [-0.2, -0.15) is 13.2 Å². The third-order valence-electron chi connectivity index (χ3n) is 15.6. The normalized spacial score (nSPS) is 41.0. The van der Waals surface area contributed by atoms with Crippen molar-refractivity contribution in [3.8, 4) is 0 Å². The highest BCUT2D eigenvalue weighted by Crippen LogP contribution is 2.75. The van der Waals surface area contributed by atoms with Gasteiger partial charge in [-0.1, -0.05) is 77.4 Å². The summed E-state index contributed by atoms with van der Waals surface area (Å²) in [4.78, 5) is 41.9. The van der Waals surface area contributed by atoms with Crippen molar-refractivity contribution < 1.29 is 37.0 Å². The Morgan fingerprint density at radius 3 is 2.14 bits per heavy atom. The summed E-state index contributed by atoms with van der Waals surface area (Å²) in [7, 11) is 0. The van der Waals surface area contributed by atoms with Gasteiger partial charge in [0.05, 0.1) is 11.3 Å². The SMILES string of the molecule is CC1(C)[C@@H](C(=O)OC(C)(C)C(F)(F)F)CC[C@]2(C)[C@H]3C(=O)C=C4[C@@H]5C[C@@](C)(C(=O)OCc6ccccc6)CC[C@]5(C)CC[C@@]4(C)[C@]3(C)CC[C@@H]12. The lowest BCUT2D eigenvalue weighted by Crippen LogP contribution is -2.66. The molecular weight excluding hydrogens is 641 g/mol. The van der Waals surface area contributed by atoms with E-state index in [4.69, 9.17) is 9.47 Å². The predicted molar refractivity (Wildman–Crippen MR) is 185 cm³/mol. The molecule has 0 saturated heterocycles. The van der Waals surface area contributed by atoms with E-state index in [1.807, 2.05) is 57.2 Å². The molecule has 6 rings (SSSR count). The third-order valence-corrected chi connectivity index (χ3v) is 15.6. The Balaban J connectivity index is 1.29. The zero-order valence-corrected chi connectivity index (χ0v) is 31.5. The first-order valence-electron chi connectivity index (χ1n) is 18.7. The molecule has 1 aromatic carbocycles. The molecule has 0 radical (unpaired) electrons. The summed E-state index contributed by atoms with van der Waals surface area (Å²) in [5.74, 6) is -1.77. The Morgan fingerprint density at radius 2 is 1.50 bits per heavy atom. The van der Waals surface area contributed by atoms with E-state index < -0.39 is 39.9 Å². The minimum Gasteiger partial charge on any atom is -0.460 e. The molecule has 0 N–H and O–H groups in total. The monoisotopic (exact) mass is 698 g/mol. The zero-order chi connectivity index (χ0) is 36.9. The number of esters is 2. The maximum absolute atomic E-state index is 14.8. The quantitative estimate of drug-likeness (QED) is 0.286. The molecule has 0 heterocycles. The summed E-state index contributed by atoms with van der Waals surface area (Å²) < 4.78 is 52.2. The van der Waals surface area contributed by atoms with Crippen LogP contribution in [0.25, 0.3) is 0 Å². The predicted octanol–water partition coefficient (Wildman–Crippen LogP) is 10.2. The molecule has 0 amide bonds. The molecule has 276 valence electrons. The fraction of sp³-hybridized carbons (Fsp3) is 0.738. The lowest BCUT2D eigenvalue weighted by Gasteiger charge is -2.70. The van der Waals surface area contributed by atoms with Crippen LogP contribution in [0, 0.1) is 56.2 Å². The lowest BCUT2D eigenvalue weighted by molar-refractivity contribution is -0.263. The highest BCUT2D eigenvalue weighted by Gasteiger charge is 2.71. The van der Waals surface area contributed by atoms with Gasteiger partial charge in [-0.15, -0.1) is 0 Å². The average molecular weight is 699 g/mol. The Morgan fingerprint density at radius 1 is 0.860 bits per heavy atom. The van der Waals surface area contributed by atoms with E-state index in [1.54, 1.807) is 0 Å². The second kappa shape index (κ2) is 11.7. The van der Waals surface area contributed by atoms with Crippen LogP contribution in [0.3, 0.4) is 0 Å². The van der Waals surface area contributed by atoms with Gasteiger partial charge in [0.2, 0.25) is 5.60 Å². The fourth-order valence-electron chi connectivity index (χ4n) is 12.1. The van der Waals surface area contributed by atoms with Crippen LogP contribution >= 0.6 is 0 Å². The van der Waals surface area contributed by atoms with Crippen molar-refractivity contribution in [3.63, 3.8) is 0 Å². The first-order chi connectivity index (χ1) is 23.0. The van der Waals surface area contributed by atoms with Gasteiger partial charge in [-0.25, -0.2) is 0 Å². The van der Waals surface area contributed by atoms with Crippen molar-refractivity contribution in [2.24, 2.45) is 56.2 Å². The van der Waals surface area contributed by atoms with Gasteiger partial charge in [-0.3, -0.25) is 14.4 Å². The molecule has 50 heavy (non-hydrogen) atoms. The van der Waals surface area contributed by atoms with Crippen LogP contribution in [0.15, 0.2) is 42.0 Å². The number of halogens is 3. The van der Waals surface area contributed by atoms with Crippen molar-refractivity contribution in [3.05, 3.63) is 47.5 Å². The number of hydrogen-bond acceptors (Lipinski definition) is 5. The van der Waals surface area contributed by atoms with E-state index in [1.165, 1.54) is 5.57 Å². The maximum atomic E-state index is 14.8. The number of ether oxygens (including phenoxy) is 2. The molecule has 0 aliphatic heterocycles. The van der Waals surface area contributed by atoms with Crippen LogP contribution in [-0.2, 0) is 30.5 Å². The molecule has 5 nitrogen and oxygen atoms in total. The summed E-state index contributed by atoms with van der Waals surface area (Å²) in [5, 5.41) is 0. The summed E-state index contributed by atoms with van der Waals surface area (Å²) in [6, 6.07) is 9.73. The number of hydrogen-bond donors (Lipinski definition) is 0. The summed E-state index contributed by atoms with van der Waals surface area (Å²) >= 11 is 0. The summed E-state index contributed by atoms with van der Waals surface area (Å²) in [5.41, 5.74) is -2.78. The van der Waals surface area contributed by atoms with E-state index in [9.17, 15) is 27.6 Å². The Bertz CT molecular complexity index is 1580. The number of alkyl halides is 3. The van der Waals surface area contributed by atoms with Crippen LogP contribution in [-0.4, -0.2) is 29.5 Å².